The van der Waals surface area contributed by atoms with Crippen LogP contribution in [0.1, 0.15) is 17.0 Å². The lowest BCUT2D eigenvalue weighted by molar-refractivity contribution is 0.565. The van der Waals surface area contributed by atoms with Gasteiger partial charge in [0, 0.05) is 39.3 Å². The number of nitrogens with zero attached hydrogens (tertiary/aromatic N) is 1. The minimum Gasteiger partial charge on any atom is -0.314 e. The second-order valence-corrected chi connectivity index (χ2v) is 4.23. The van der Waals surface area contributed by atoms with Gasteiger partial charge in [-0.15, -0.1) is 0 Å². The van der Waals surface area contributed by atoms with Crippen molar-refractivity contribution in [1.29, 1.82) is 0 Å². The van der Waals surface area contributed by atoms with E-state index in [9.17, 15) is 0 Å². The lowest BCUT2D eigenvalue weighted by Gasteiger charge is -2.12. The van der Waals surface area contributed by atoms with Crippen LogP contribution in [-0.2, 0) is 13.1 Å². The van der Waals surface area contributed by atoms with E-state index in [-0.39, 0.29) is 0 Å². The molecule has 2 heterocycles. The predicted octanol–water partition coefficient (Wildman–Crippen LogP) is 0.172. The van der Waals surface area contributed by atoms with E-state index in [0.29, 0.717) is 0 Å². The molecule has 0 fully saturated rings. The molecule has 1 aromatic rings. The number of hydrogen-bond acceptors (Lipinski definition) is 4. The molecule has 0 spiro atoms. The van der Waals surface area contributed by atoms with Crippen LogP contribution in [0.15, 0.2) is 12.1 Å². The van der Waals surface area contributed by atoms with Crippen molar-refractivity contribution >= 4 is 0 Å². The van der Waals surface area contributed by atoms with Gasteiger partial charge in [-0.2, -0.15) is 0 Å². The van der Waals surface area contributed by atoms with E-state index in [4.69, 9.17) is 0 Å². The third kappa shape index (κ3) is 3.56. The van der Waals surface area contributed by atoms with Gasteiger partial charge in [-0.1, -0.05) is 0 Å². The normalized spacial score (nSPS) is 18.6. The number of aromatic nitrogens is 1. The van der Waals surface area contributed by atoms with E-state index in [0.717, 1.165) is 50.7 Å². The summed E-state index contributed by atoms with van der Waals surface area (Å²) in [7, 11) is 0. The molecule has 0 aromatic carbocycles. The summed E-state index contributed by atoms with van der Waals surface area (Å²) in [6, 6.07) is 4.30. The standard InChI is InChI=1S/C12H20N4/c1-10-6-11-8-14-4-2-13-3-5-15-9-12(7-10)16-11/h6-7,13-15H,2-5,8-9H2,1H3. The quantitative estimate of drug-likeness (QED) is 0.583. The average Bonchev–Trinajstić information content (AvgIpc) is 2.24. The molecule has 0 amide bonds. The van der Waals surface area contributed by atoms with Gasteiger partial charge < -0.3 is 16.0 Å². The van der Waals surface area contributed by atoms with Gasteiger partial charge in [-0.3, -0.25) is 4.98 Å². The van der Waals surface area contributed by atoms with Crippen molar-refractivity contribution in [2.45, 2.75) is 20.0 Å². The third-order valence-electron chi connectivity index (χ3n) is 2.65. The molecule has 0 unspecified atom stereocenters. The van der Waals surface area contributed by atoms with Crippen LogP contribution in [0.5, 0.6) is 0 Å². The van der Waals surface area contributed by atoms with Gasteiger partial charge in [-0.25, -0.2) is 0 Å². The summed E-state index contributed by atoms with van der Waals surface area (Å²) >= 11 is 0. The van der Waals surface area contributed by atoms with Crippen LogP contribution < -0.4 is 16.0 Å². The maximum Gasteiger partial charge on any atom is 0.0548 e. The Balaban J connectivity index is 2.08. The highest BCUT2D eigenvalue weighted by Crippen LogP contribution is 2.05. The Morgan fingerprint density at radius 2 is 1.38 bits per heavy atom. The Morgan fingerprint density at radius 3 is 1.94 bits per heavy atom. The predicted molar refractivity (Wildman–Crippen MR) is 65.3 cm³/mol. The fraction of sp³-hybridized carbons (Fsp3) is 0.583. The zero-order valence-corrected chi connectivity index (χ0v) is 9.84. The molecule has 1 aliphatic rings. The van der Waals surface area contributed by atoms with Crippen LogP contribution in [0.2, 0.25) is 0 Å². The number of nitrogens with one attached hydrogen (secondary N) is 3. The van der Waals surface area contributed by atoms with E-state index in [2.05, 4.69) is 40.0 Å². The maximum atomic E-state index is 4.62. The van der Waals surface area contributed by atoms with Crippen molar-refractivity contribution in [2.75, 3.05) is 26.2 Å². The molecule has 0 atom stereocenters. The number of hydrogen-bond donors (Lipinski definition) is 3. The van der Waals surface area contributed by atoms with Crippen LogP contribution in [0.3, 0.4) is 0 Å². The van der Waals surface area contributed by atoms with Gasteiger partial charge in [-0.05, 0) is 24.6 Å². The molecule has 1 aromatic heterocycles. The second-order valence-electron chi connectivity index (χ2n) is 4.23. The Morgan fingerprint density at radius 1 is 0.875 bits per heavy atom. The molecule has 4 nitrogen and oxygen atoms in total. The molecule has 16 heavy (non-hydrogen) atoms. The zero-order valence-electron chi connectivity index (χ0n) is 9.84. The number of aryl methyl sites for hydroxylation is 1. The number of fused-ring (bicyclic) bond motifs is 2. The van der Waals surface area contributed by atoms with Gasteiger partial charge in [0.2, 0.25) is 0 Å². The van der Waals surface area contributed by atoms with E-state index >= 15 is 0 Å². The lowest BCUT2D eigenvalue weighted by Crippen LogP contribution is -2.33. The minimum atomic E-state index is 0.857. The van der Waals surface area contributed by atoms with Crippen molar-refractivity contribution in [2.24, 2.45) is 0 Å². The van der Waals surface area contributed by atoms with E-state index in [1.807, 2.05) is 0 Å². The van der Waals surface area contributed by atoms with E-state index in [1.54, 1.807) is 0 Å². The van der Waals surface area contributed by atoms with Crippen molar-refractivity contribution in [3.63, 3.8) is 0 Å². The molecule has 2 rings (SSSR count). The van der Waals surface area contributed by atoms with Crippen molar-refractivity contribution in [3.05, 3.63) is 29.1 Å². The molecule has 1 aliphatic heterocycles. The summed E-state index contributed by atoms with van der Waals surface area (Å²) in [6.07, 6.45) is 0. The first-order valence-electron chi connectivity index (χ1n) is 5.93. The number of pyridine rings is 1. The third-order valence-corrected chi connectivity index (χ3v) is 2.65. The first kappa shape index (κ1) is 11.5. The molecular formula is C12H20N4. The monoisotopic (exact) mass is 220 g/mol. The summed E-state index contributed by atoms with van der Waals surface area (Å²) < 4.78 is 0. The maximum absolute atomic E-state index is 4.62. The Kier molecular flexibility index (Phi) is 4.27. The smallest absolute Gasteiger partial charge is 0.0548 e. The minimum absolute atomic E-state index is 0.857. The Bertz CT molecular complexity index is 310. The molecule has 0 saturated carbocycles. The summed E-state index contributed by atoms with van der Waals surface area (Å²) in [5, 5.41) is 10.2. The van der Waals surface area contributed by atoms with Crippen molar-refractivity contribution in [1.82, 2.24) is 20.9 Å². The van der Waals surface area contributed by atoms with Gasteiger partial charge in [0.25, 0.3) is 0 Å². The van der Waals surface area contributed by atoms with Crippen molar-refractivity contribution in [3.8, 4) is 0 Å². The van der Waals surface area contributed by atoms with Gasteiger partial charge in [0.05, 0.1) is 11.4 Å². The Hall–Kier alpha value is -0.970. The van der Waals surface area contributed by atoms with Crippen LogP contribution in [0.4, 0.5) is 0 Å². The first-order chi connectivity index (χ1) is 7.84. The topological polar surface area (TPSA) is 49.0 Å². The van der Waals surface area contributed by atoms with Gasteiger partial charge >= 0.3 is 0 Å². The summed E-state index contributed by atoms with van der Waals surface area (Å²) in [5.41, 5.74) is 3.56. The SMILES string of the molecule is Cc1cc2nc(c1)CNCCNCCNC2. The summed E-state index contributed by atoms with van der Waals surface area (Å²) in [5.74, 6) is 0. The molecule has 0 aliphatic carbocycles. The van der Waals surface area contributed by atoms with Crippen LogP contribution in [-0.4, -0.2) is 31.2 Å². The molecule has 0 radical (unpaired) electrons. The zero-order chi connectivity index (χ0) is 11.2. The first-order valence-corrected chi connectivity index (χ1v) is 5.93. The number of rotatable bonds is 0. The fourth-order valence-corrected chi connectivity index (χ4v) is 1.91. The lowest BCUT2D eigenvalue weighted by atomic mass is 10.2. The molecule has 88 valence electrons. The molecule has 4 heteroatoms. The van der Waals surface area contributed by atoms with Crippen LogP contribution >= 0.6 is 0 Å². The molecular weight excluding hydrogens is 200 g/mol. The summed E-state index contributed by atoms with van der Waals surface area (Å²) in [6.45, 7) is 7.85. The fourth-order valence-electron chi connectivity index (χ4n) is 1.91. The second kappa shape index (κ2) is 5.94. The highest BCUT2D eigenvalue weighted by atomic mass is 15.0. The van der Waals surface area contributed by atoms with E-state index in [1.165, 1.54) is 5.56 Å². The summed E-state index contributed by atoms with van der Waals surface area (Å²) in [4.78, 5) is 4.62. The van der Waals surface area contributed by atoms with Crippen LogP contribution in [0.25, 0.3) is 0 Å². The highest BCUT2D eigenvalue weighted by molar-refractivity contribution is 5.20. The molecule has 0 saturated heterocycles. The largest absolute Gasteiger partial charge is 0.314 e. The van der Waals surface area contributed by atoms with Gasteiger partial charge in [0.15, 0.2) is 0 Å². The van der Waals surface area contributed by atoms with E-state index < -0.39 is 0 Å². The van der Waals surface area contributed by atoms with Gasteiger partial charge in [0.1, 0.15) is 0 Å². The molecule has 2 bridgehead atoms. The average molecular weight is 220 g/mol. The van der Waals surface area contributed by atoms with Crippen LogP contribution in [0, 0.1) is 6.92 Å². The highest BCUT2D eigenvalue weighted by Gasteiger charge is 2.01. The van der Waals surface area contributed by atoms with Crippen molar-refractivity contribution < 1.29 is 0 Å². The molecule has 3 N–H and O–H groups in total. The Labute approximate surface area is 96.8 Å².